The van der Waals surface area contributed by atoms with Crippen molar-refractivity contribution in [3.63, 3.8) is 0 Å². The van der Waals surface area contributed by atoms with E-state index in [9.17, 15) is 0 Å². The van der Waals surface area contributed by atoms with Crippen molar-refractivity contribution in [1.82, 2.24) is 24.7 Å². The van der Waals surface area contributed by atoms with Gasteiger partial charge in [-0.2, -0.15) is 15.1 Å². The van der Waals surface area contributed by atoms with E-state index >= 15 is 0 Å². The van der Waals surface area contributed by atoms with Crippen LogP contribution in [0.15, 0.2) is 24.7 Å². The van der Waals surface area contributed by atoms with E-state index in [4.69, 9.17) is 9.72 Å². The van der Waals surface area contributed by atoms with E-state index < -0.39 is 0 Å². The number of aromatic nitrogens is 5. The van der Waals surface area contributed by atoms with E-state index in [0.717, 1.165) is 28.5 Å². The second-order valence-corrected chi connectivity index (χ2v) is 7.04. The van der Waals surface area contributed by atoms with Crippen molar-refractivity contribution in [1.29, 1.82) is 0 Å². The molecule has 3 aromatic rings. The fourth-order valence-electron chi connectivity index (χ4n) is 3.13. The van der Waals surface area contributed by atoms with Gasteiger partial charge in [-0.05, 0) is 38.7 Å². The number of ether oxygens (including phenoxy) is 1. The molecule has 8 nitrogen and oxygen atoms in total. The van der Waals surface area contributed by atoms with Crippen LogP contribution in [0.3, 0.4) is 0 Å². The smallest absolute Gasteiger partial charge is 0.231 e. The molecule has 2 unspecified atom stereocenters. The van der Waals surface area contributed by atoms with Crippen molar-refractivity contribution in [2.24, 2.45) is 5.92 Å². The van der Waals surface area contributed by atoms with Gasteiger partial charge in [-0.15, -0.1) is 0 Å². The summed E-state index contributed by atoms with van der Waals surface area (Å²) in [5.41, 5.74) is 1.66. The molecule has 8 heteroatoms. The number of aromatic amines is 1. The highest BCUT2D eigenvalue weighted by atomic mass is 16.5. The number of fused-ring (bicyclic) bond motifs is 1. The Morgan fingerprint density at radius 3 is 2.96 bits per heavy atom. The Morgan fingerprint density at radius 2 is 2.19 bits per heavy atom. The lowest BCUT2D eigenvalue weighted by Gasteiger charge is -2.15. The monoisotopic (exact) mass is 355 g/mol. The average Bonchev–Trinajstić information content (AvgIpc) is 3.18. The van der Waals surface area contributed by atoms with Crippen molar-refractivity contribution in [3.05, 3.63) is 24.7 Å². The second kappa shape index (κ2) is 6.95. The van der Waals surface area contributed by atoms with E-state index in [1.165, 1.54) is 12.8 Å². The van der Waals surface area contributed by atoms with Crippen LogP contribution in [0.2, 0.25) is 0 Å². The average molecular weight is 355 g/mol. The van der Waals surface area contributed by atoms with Gasteiger partial charge in [0.25, 0.3) is 0 Å². The first-order chi connectivity index (χ1) is 12.6. The predicted molar refractivity (Wildman–Crippen MR) is 102 cm³/mol. The summed E-state index contributed by atoms with van der Waals surface area (Å²) in [6.45, 7) is 4.88. The molecule has 3 aromatic heterocycles. The highest BCUT2D eigenvalue weighted by Crippen LogP contribution is 2.34. The van der Waals surface area contributed by atoms with Gasteiger partial charge in [0.05, 0.1) is 29.9 Å². The minimum absolute atomic E-state index is 0.166. The molecule has 4 rings (SSSR count). The zero-order valence-corrected chi connectivity index (χ0v) is 15.4. The molecule has 1 aliphatic carbocycles. The molecule has 0 saturated heterocycles. The minimum atomic E-state index is 0.166. The molecular formula is C18H25N7O. The summed E-state index contributed by atoms with van der Waals surface area (Å²) >= 11 is 0. The van der Waals surface area contributed by atoms with Crippen LogP contribution in [0, 0.1) is 5.92 Å². The number of rotatable bonds is 8. The highest BCUT2D eigenvalue weighted by Gasteiger charge is 2.28. The van der Waals surface area contributed by atoms with Crippen LogP contribution in [-0.2, 0) is 4.74 Å². The number of methoxy groups -OCH3 is 1. The lowest BCUT2D eigenvalue weighted by atomic mass is 10.2. The number of H-pyrrole nitrogens is 1. The van der Waals surface area contributed by atoms with E-state index in [2.05, 4.69) is 39.5 Å². The third kappa shape index (κ3) is 3.50. The van der Waals surface area contributed by atoms with E-state index in [1.807, 2.05) is 23.1 Å². The lowest BCUT2D eigenvalue weighted by Crippen LogP contribution is -2.18. The molecule has 0 spiro atoms. The summed E-state index contributed by atoms with van der Waals surface area (Å²) in [5, 5.41) is 12.2. The SMILES string of the molecule is COCC(C)n1cc(Nc2nc(NC(C)C3CC3)c3cc[nH]c3n2)cn1. The summed E-state index contributed by atoms with van der Waals surface area (Å²) in [5.74, 6) is 2.15. The van der Waals surface area contributed by atoms with Crippen LogP contribution in [0.4, 0.5) is 17.5 Å². The maximum Gasteiger partial charge on any atom is 0.231 e. The summed E-state index contributed by atoms with van der Waals surface area (Å²) in [6.07, 6.45) is 8.18. The normalized spacial score (nSPS) is 16.6. The molecule has 1 fully saturated rings. The minimum Gasteiger partial charge on any atom is -0.382 e. The number of nitrogens with zero attached hydrogens (tertiary/aromatic N) is 4. The molecule has 0 bridgehead atoms. The number of nitrogens with one attached hydrogen (secondary N) is 3. The summed E-state index contributed by atoms with van der Waals surface area (Å²) in [4.78, 5) is 12.4. The van der Waals surface area contributed by atoms with Gasteiger partial charge in [0.1, 0.15) is 11.5 Å². The Morgan fingerprint density at radius 1 is 1.35 bits per heavy atom. The van der Waals surface area contributed by atoms with E-state index in [1.54, 1.807) is 13.3 Å². The molecule has 0 aliphatic heterocycles. The van der Waals surface area contributed by atoms with Crippen molar-refractivity contribution in [2.75, 3.05) is 24.4 Å². The van der Waals surface area contributed by atoms with Crippen molar-refractivity contribution >= 4 is 28.5 Å². The van der Waals surface area contributed by atoms with Crippen LogP contribution >= 0.6 is 0 Å². The van der Waals surface area contributed by atoms with Crippen molar-refractivity contribution < 1.29 is 4.74 Å². The molecule has 0 amide bonds. The Labute approximate surface area is 152 Å². The molecule has 3 N–H and O–H groups in total. The molecule has 0 aromatic carbocycles. The predicted octanol–water partition coefficient (Wildman–Crippen LogP) is 3.32. The van der Waals surface area contributed by atoms with Crippen molar-refractivity contribution in [3.8, 4) is 0 Å². The van der Waals surface area contributed by atoms with E-state index in [0.29, 0.717) is 18.6 Å². The van der Waals surface area contributed by atoms with E-state index in [-0.39, 0.29) is 6.04 Å². The van der Waals surface area contributed by atoms with Gasteiger partial charge in [0, 0.05) is 25.5 Å². The molecular weight excluding hydrogens is 330 g/mol. The molecule has 26 heavy (non-hydrogen) atoms. The largest absolute Gasteiger partial charge is 0.382 e. The lowest BCUT2D eigenvalue weighted by molar-refractivity contribution is 0.157. The first kappa shape index (κ1) is 16.8. The van der Waals surface area contributed by atoms with Gasteiger partial charge in [0.15, 0.2) is 0 Å². The van der Waals surface area contributed by atoms with Gasteiger partial charge < -0.3 is 20.4 Å². The quantitative estimate of drug-likeness (QED) is 0.574. The highest BCUT2D eigenvalue weighted by molar-refractivity contribution is 5.88. The molecule has 1 aliphatic rings. The standard InChI is InChI=1S/C18H25N7O/c1-11(10-26-3)25-9-14(8-20-25)22-18-23-16-15(6-7-19-16)17(24-18)21-12(2)13-4-5-13/h6-9,11-13H,4-5,10H2,1-3H3,(H3,19,21,22,23,24). The first-order valence-electron chi connectivity index (χ1n) is 9.06. The first-order valence-corrected chi connectivity index (χ1v) is 9.06. The summed E-state index contributed by atoms with van der Waals surface area (Å²) < 4.78 is 7.05. The third-order valence-corrected chi connectivity index (χ3v) is 4.83. The zero-order valence-electron chi connectivity index (χ0n) is 15.4. The maximum atomic E-state index is 5.18. The topological polar surface area (TPSA) is 92.7 Å². The molecule has 2 atom stereocenters. The molecule has 138 valence electrons. The van der Waals surface area contributed by atoms with Crippen molar-refractivity contribution in [2.45, 2.75) is 38.8 Å². The summed E-state index contributed by atoms with van der Waals surface area (Å²) in [7, 11) is 1.69. The summed E-state index contributed by atoms with van der Waals surface area (Å²) in [6, 6.07) is 2.58. The zero-order chi connectivity index (χ0) is 18.1. The van der Waals surface area contributed by atoms with Gasteiger partial charge in [-0.25, -0.2) is 0 Å². The molecule has 3 heterocycles. The fraction of sp³-hybridized carbons (Fsp3) is 0.500. The Balaban J connectivity index is 1.56. The number of anilines is 3. The van der Waals surface area contributed by atoms with Crippen LogP contribution in [-0.4, -0.2) is 44.5 Å². The third-order valence-electron chi connectivity index (χ3n) is 4.83. The van der Waals surface area contributed by atoms with Crippen LogP contribution in [0.25, 0.3) is 11.0 Å². The molecule has 0 radical (unpaired) electrons. The second-order valence-electron chi connectivity index (χ2n) is 7.04. The van der Waals surface area contributed by atoms with Gasteiger partial charge in [0.2, 0.25) is 5.95 Å². The fourth-order valence-corrected chi connectivity index (χ4v) is 3.13. The van der Waals surface area contributed by atoms with Crippen LogP contribution in [0.5, 0.6) is 0 Å². The maximum absolute atomic E-state index is 5.18. The number of hydrogen-bond acceptors (Lipinski definition) is 6. The Bertz CT molecular complexity index is 883. The number of hydrogen-bond donors (Lipinski definition) is 3. The van der Waals surface area contributed by atoms with Gasteiger partial charge in [-0.1, -0.05) is 0 Å². The molecule has 1 saturated carbocycles. The van der Waals surface area contributed by atoms with Gasteiger partial charge >= 0.3 is 0 Å². The van der Waals surface area contributed by atoms with Crippen LogP contribution in [0.1, 0.15) is 32.7 Å². The van der Waals surface area contributed by atoms with Gasteiger partial charge in [-0.3, -0.25) is 4.68 Å². The Hall–Kier alpha value is -2.61. The Kier molecular flexibility index (Phi) is 4.50. The van der Waals surface area contributed by atoms with Crippen LogP contribution < -0.4 is 10.6 Å².